The van der Waals surface area contributed by atoms with E-state index in [9.17, 15) is 8.42 Å². The summed E-state index contributed by atoms with van der Waals surface area (Å²) in [6, 6.07) is 0. The first kappa shape index (κ1) is 13.6. The third-order valence-corrected chi connectivity index (χ3v) is 3.77. The number of nitrogens with zero attached hydrogens (tertiary/aromatic N) is 1. The Hall–Kier alpha value is -0.430. The summed E-state index contributed by atoms with van der Waals surface area (Å²) in [5.41, 5.74) is 0.790. The Balaban J connectivity index is 2.64. The van der Waals surface area contributed by atoms with Crippen LogP contribution in [0.2, 0.25) is 0 Å². The maximum absolute atomic E-state index is 11.9. The van der Waals surface area contributed by atoms with E-state index in [1.54, 1.807) is 6.92 Å². The van der Waals surface area contributed by atoms with E-state index in [2.05, 4.69) is 11.3 Å². The molecular formula is C10H20N2O3S. The zero-order valence-corrected chi connectivity index (χ0v) is 10.9. The molecule has 6 heteroatoms. The number of morpholine rings is 1. The molecule has 16 heavy (non-hydrogen) atoms. The second kappa shape index (κ2) is 5.27. The van der Waals surface area contributed by atoms with Gasteiger partial charge < -0.3 is 4.74 Å². The van der Waals surface area contributed by atoms with Crippen LogP contribution < -0.4 is 4.72 Å². The molecule has 0 aromatic carbocycles. The highest BCUT2D eigenvalue weighted by Crippen LogP contribution is 2.13. The fourth-order valence-corrected chi connectivity index (χ4v) is 3.06. The van der Waals surface area contributed by atoms with Crippen LogP contribution in [-0.2, 0) is 14.9 Å². The van der Waals surface area contributed by atoms with Crippen LogP contribution in [0.15, 0.2) is 12.2 Å². The summed E-state index contributed by atoms with van der Waals surface area (Å²) in [5, 5.41) is 0. The number of nitrogens with one attached hydrogen (secondary N) is 1. The lowest BCUT2D eigenvalue weighted by Gasteiger charge is -2.34. The first-order valence-electron chi connectivity index (χ1n) is 5.36. The average molecular weight is 248 g/mol. The van der Waals surface area contributed by atoms with Crippen molar-refractivity contribution in [2.75, 3.05) is 19.6 Å². The minimum Gasteiger partial charge on any atom is -0.373 e. The molecule has 0 aliphatic carbocycles. The van der Waals surface area contributed by atoms with Crippen LogP contribution in [0.3, 0.4) is 0 Å². The molecule has 5 nitrogen and oxygen atoms in total. The minimum absolute atomic E-state index is 0.0647. The van der Waals surface area contributed by atoms with Crippen molar-refractivity contribution in [3.63, 3.8) is 0 Å². The third kappa shape index (κ3) is 3.86. The molecule has 1 saturated heterocycles. The first-order chi connectivity index (χ1) is 7.31. The molecule has 0 amide bonds. The lowest BCUT2D eigenvalue weighted by Crippen LogP contribution is -2.52. The Bertz CT molecular complexity index is 343. The van der Waals surface area contributed by atoms with E-state index in [4.69, 9.17) is 4.74 Å². The fourth-order valence-electron chi connectivity index (χ4n) is 1.63. The summed E-state index contributed by atoms with van der Waals surface area (Å²) in [6.07, 6.45) is -0.129. The summed E-state index contributed by atoms with van der Waals surface area (Å²) in [7, 11) is -3.40. The van der Waals surface area contributed by atoms with Crippen LogP contribution in [0.1, 0.15) is 20.8 Å². The van der Waals surface area contributed by atoms with Crippen molar-refractivity contribution in [3.05, 3.63) is 12.2 Å². The van der Waals surface area contributed by atoms with E-state index in [0.717, 1.165) is 5.57 Å². The number of rotatable bonds is 4. The maximum atomic E-state index is 11.9. The van der Waals surface area contributed by atoms with Gasteiger partial charge in [-0.3, -0.25) is 0 Å². The number of hydrogen-bond acceptors (Lipinski definition) is 3. The molecular weight excluding hydrogens is 228 g/mol. The highest BCUT2D eigenvalue weighted by atomic mass is 32.2. The molecule has 1 rings (SSSR count). The molecule has 0 aromatic rings. The van der Waals surface area contributed by atoms with Gasteiger partial charge in [0.05, 0.1) is 12.2 Å². The second-order valence-corrected chi connectivity index (χ2v) is 6.11. The van der Waals surface area contributed by atoms with Gasteiger partial charge in [-0.15, -0.1) is 0 Å². The van der Waals surface area contributed by atoms with Gasteiger partial charge in [-0.2, -0.15) is 17.4 Å². The normalized spacial score (nSPS) is 27.9. The molecule has 2 unspecified atom stereocenters. The molecule has 1 N–H and O–H groups in total. The van der Waals surface area contributed by atoms with Crippen LogP contribution in [0.4, 0.5) is 0 Å². The van der Waals surface area contributed by atoms with E-state index >= 15 is 0 Å². The lowest BCUT2D eigenvalue weighted by atomic mass is 10.3. The SMILES string of the molecule is C=C(C)CNS(=O)(=O)N1CC(C)OC(C)C1. The standard InChI is InChI=1S/C10H20N2O3S/c1-8(2)5-11-16(13,14)12-6-9(3)15-10(4)7-12/h9-11H,1,5-7H2,2-4H3. The van der Waals surface area contributed by atoms with Crippen molar-refractivity contribution in [2.45, 2.75) is 33.0 Å². The topological polar surface area (TPSA) is 58.6 Å². The van der Waals surface area contributed by atoms with Crippen molar-refractivity contribution in [2.24, 2.45) is 0 Å². The summed E-state index contributed by atoms with van der Waals surface area (Å²) < 4.78 is 33.2. The molecule has 0 saturated carbocycles. The third-order valence-electron chi connectivity index (χ3n) is 2.28. The number of ether oxygens (including phenoxy) is 1. The molecule has 0 spiro atoms. The monoisotopic (exact) mass is 248 g/mol. The van der Waals surface area contributed by atoms with Gasteiger partial charge in [0.1, 0.15) is 0 Å². The first-order valence-corrected chi connectivity index (χ1v) is 6.80. The predicted molar refractivity (Wildman–Crippen MR) is 63.3 cm³/mol. The van der Waals surface area contributed by atoms with Gasteiger partial charge in [-0.05, 0) is 20.8 Å². The van der Waals surface area contributed by atoms with E-state index in [0.29, 0.717) is 13.1 Å². The van der Waals surface area contributed by atoms with Crippen molar-refractivity contribution in [3.8, 4) is 0 Å². The Morgan fingerprint density at radius 1 is 1.44 bits per heavy atom. The molecule has 2 atom stereocenters. The summed E-state index contributed by atoms with van der Waals surface area (Å²) in [4.78, 5) is 0. The van der Waals surface area contributed by atoms with E-state index in [-0.39, 0.29) is 18.8 Å². The quantitative estimate of drug-likeness (QED) is 0.737. The minimum atomic E-state index is -3.40. The van der Waals surface area contributed by atoms with Gasteiger partial charge >= 0.3 is 0 Å². The van der Waals surface area contributed by atoms with Gasteiger partial charge in [-0.25, -0.2) is 0 Å². The second-order valence-electron chi connectivity index (χ2n) is 4.36. The van der Waals surface area contributed by atoms with Gasteiger partial charge in [-0.1, -0.05) is 12.2 Å². The number of hydrogen-bond donors (Lipinski definition) is 1. The molecule has 0 radical (unpaired) electrons. The fraction of sp³-hybridized carbons (Fsp3) is 0.800. The van der Waals surface area contributed by atoms with Crippen LogP contribution in [-0.4, -0.2) is 44.6 Å². The summed E-state index contributed by atoms with van der Waals surface area (Å²) in [5.74, 6) is 0. The van der Waals surface area contributed by atoms with Gasteiger partial charge in [0.2, 0.25) is 0 Å². The Kier molecular flexibility index (Phi) is 4.49. The highest BCUT2D eigenvalue weighted by Gasteiger charge is 2.30. The van der Waals surface area contributed by atoms with Crippen LogP contribution in [0.25, 0.3) is 0 Å². The van der Waals surface area contributed by atoms with Gasteiger partial charge in [0.25, 0.3) is 10.2 Å². The molecule has 0 bridgehead atoms. The van der Waals surface area contributed by atoms with Crippen molar-refractivity contribution < 1.29 is 13.2 Å². The largest absolute Gasteiger partial charge is 0.373 e. The van der Waals surface area contributed by atoms with Crippen molar-refractivity contribution in [1.29, 1.82) is 0 Å². The van der Waals surface area contributed by atoms with Crippen LogP contribution in [0.5, 0.6) is 0 Å². The van der Waals surface area contributed by atoms with E-state index < -0.39 is 10.2 Å². The molecule has 1 aliphatic heterocycles. The molecule has 1 fully saturated rings. The summed E-state index contributed by atoms with van der Waals surface area (Å²) in [6.45, 7) is 10.3. The summed E-state index contributed by atoms with van der Waals surface area (Å²) >= 11 is 0. The molecule has 0 aromatic heterocycles. The Labute approximate surface area is 97.6 Å². The zero-order chi connectivity index (χ0) is 12.3. The Morgan fingerprint density at radius 3 is 2.38 bits per heavy atom. The molecule has 1 heterocycles. The lowest BCUT2D eigenvalue weighted by molar-refractivity contribution is -0.0443. The van der Waals surface area contributed by atoms with Crippen LogP contribution in [0, 0.1) is 0 Å². The van der Waals surface area contributed by atoms with Gasteiger partial charge in [0.15, 0.2) is 0 Å². The highest BCUT2D eigenvalue weighted by molar-refractivity contribution is 7.87. The average Bonchev–Trinajstić information content (AvgIpc) is 2.13. The molecule has 1 aliphatic rings. The maximum Gasteiger partial charge on any atom is 0.279 e. The van der Waals surface area contributed by atoms with Crippen LogP contribution >= 0.6 is 0 Å². The van der Waals surface area contributed by atoms with Crippen molar-refractivity contribution in [1.82, 2.24) is 9.03 Å². The smallest absolute Gasteiger partial charge is 0.279 e. The molecule has 94 valence electrons. The van der Waals surface area contributed by atoms with Gasteiger partial charge in [0, 0.05) is 19.6 Å². The Morgan fingerprint density at radius 2 is 1.94 bits per heavy atom. The zero-order valence-electron chi connectivity index (χ0n) is 10.1. The van der Waals surface area contributed by atoms with E-state index in [1.807, 2.05) is 13.8 Å². The predicted octanol–water partition coefficient (Wildman–Crippen LogP) is 0.506. The van der Waals surface area contributed by atoms with E-state index in [1.165, 1.54) is 4.31 Å². The van der Waals surface area contributed by atoms with Crippen molar-refractivity contribution >= 4 is 10.2 Å².